The van der Waals surface area contributed by atoms with Crippen molar-refractivity contribution in [3.8, 4) is 17.5 Å². The van der Waals surface area contributed by atoms with E-state index in [4.69, 9.17) is 14.6 Å². The number of nitriles is 1. The minimum atomic E-state index is -1.05. The number of para-hydroxylation sites is 4. The Kier molecular flexibility index (Phi) is 8.03. The number of amides is 3. The Morgan fingerprint density at radius 1 is 1.07 bits per heavy atom. The molecule has 1 aromatic heterocycles. The fraction of sp³-hybridized carbons (Fsp3) is 0.281. The maximum Gasteiger partial charge on any atom is 0.408 e. The van der Waals surface area contributed by atoms with E-state index in [9.17, 15) is 19.6 Å². The van der Waals surface area contributed by atoms with E-state index in [1.807, 2.05) is 36.4 Å². The summed E-state index contributed by atoms with van der Waals surface area (Å²) in [6.45, 7) is 6.63. The van der Waals surface area contributed by atoms with E-state index in [0.29, 0.717) is 28.4 Å². The lowest BCUT2D eigenvalue weighted by atomic mass is 10.1. The second-order valence-corrected chi connectivity index (χ2v) is 11.1. The van der Waals surface area contributed by atoms with Crippen molar-refractivity contribution in [2.75, 3.05) is 11.5 Å². The third-order valence-corrected chi connectivity index (χ3v) is 6.79. The fourth-order valence-corrected chi connectivity index (χ4v) is 4.80. The first-order chi connectivity index (χ1) is 20.6. The molecule has 1 aliphatic rings. The Morgan fingerprint density at radius 2 is 1.74 bits per heavy atom. The Morgan fingerprint density at radius 3 is 2.49 bits per heavy atom. The maximum absolute atomic E-state index is 14.0. The van der Waals surface area contributed by atoms with Crippen molar-refractivity contribution in [2.24, 2.45) is 0 Å². The zero-order valence-electron chi connectivity index (χ0n) is 24.3. The van der Waals surface area contributed by atoms with E-state index in [0.717, 1.165) is 10.9 Å². The van der Waals surface area contributed by atoms with E-state index >= 15 is 0 Å². The smallest absolute Gasteiger partial charge is 0.408 e. The van der Waals surface area contributed by atoms with Crippen molar-refractivity contribution in [1.82, 2.24) is 20.4 Å². The summed E-state index contributed by atoms with van der Waals surface area (Å²) in [7, 11) is 0. The first-order valence-corrected chi connectivity index (χ1v) is 13.8. The number of alkyl carbamates (subject to hydrolysis) is 1. The molecule has 2 N–H and O–H groups in total. The van der Waals surface area contributed by atoms with Gasteiger partial charge in [-0.3, -0.25) is 9.59 Å². The van der Waals surface area contributed by atoms with Gasteiger partial charge in [0.25, 0.3) is 5.91 Å². The van der Waals surface area contributed by atoms with Crippen LogP contribution < -0.4 is 20.3 Å². The zero-order valence-corrected chi connectivity index (χ0v) is 24.3. The number of aromatic nitrogens is 2. The van der Waals surface area contributed by atoms with E-state index in [2.05, 4.69) is 16.7 Å². The number of hydrogen-bond donors (Lipinski definition) is 2. The zero-order chi connectivity index (χ0) is 30.7. The Balaban J connectivity index is 1.45. The quantitative estimate of drug-likeness (QED) is 0.348. The molecule has 11 nitrogen and oxygen atoms in total. The first kappa shape index (κ1) is 29.1. The van der Waals surface area contributed by atoms with Crippen LogP contribution >= 0.6 is 0 Å². The van der Waals surface area contributed by atoms with Crippen LogP contribution in [0.4, 0.5) is 10.5 Å². The average molecular weight is 581 g/mol. The highest BCUT2D eigenvalue weighted by atomic mass is 16.6. The molecule has 2 atom stereocenters. The number of rotatable bonds is 6. The molecule has 11 heteroatoms. The second-order valence-electron chi connectivity index (χ2n) is 11.1. The molecule has 0 fully saturated rings. The van der Waals surface area contributed by atoms with Crippen LogP contribution in [-0.4, -0.2) is 52.0 Å². The van der Waals surface area contributed by atoms with Gasteiger partial charge in [0, 0.05) is 5.39 Å². The van der Waals surface area contributed by atoms with Gasteiger partial charge in [0.1, 0.15) is 36.1 Å². The van der Waals surface area contributed by atoms with Crippen molar-refractivity contribution in [3.05, 3.63) is 84.1 Å². The summed E-state index contributed by atoms with van der Waals surface area (Å²) in [4.78, 5) is 40.8. The molecule has 2 heterocycles. The van der Waals surface area contributed by atoms with Gasteiger partial charge in [-0.1, -0.05) is 42.5 Å². The minimum Gasteiger partial charge on any atom is -0.489 e. The number of hydrogen-bond acceptors (Lipinski definition) is 7. The summed E-state index contributed by atoms with van der Waals surface area (Å²) in [6.07, 6.45) is -0.743. The molecule has 0 saturated carbocycles. The van der Waals surface area contributed by atoms with Crippen LogP contribution in [-0.2, 0) is 20.9 Å². The van der Waals surface area contributed by atoms with E-state index < -0.39 is 35.6 Å². The normalized spacial score (nSPS) is 15.5. The number of nitrogens with one attached hydrogen (secondary N) is 2. The van der Waals surface area contributed by atoms with Crippen LogP contribution in [0.5, 0.6) is 5.75 Å². The molecule has 220 valence electrons. The van der Waals surface area contributed by atoms with Crippen LogP contribution in [0, 0.1) is 11.3 Å². The number of nitrogens with zero attached hydrogens (tertiary/aromatic N) is 4. The monoisotopic (exact) mass is 580 g/mol. The van der Waals surface area contributed by atoms with E-state index in [1.54, 1.807) is 61.9 Å². The van der Waals surface area contributed by atoms with E-state index in [1.165, 1.54) is 11.8 Å². The molecule has 3 amide bonds. The number of anilines is 1. The van der Waals surface area contributed by atoms with Crippen molar-refractivity contribution in [3.63, 3.8) is 0 Å². The van der Waals surface area contributed by atoms with Gasteiger partial charge in [-0.25, -0.2) is 9.48 Å². The largest absolute Gasteiger partial charge is 0.489 e. The summed E-state index contributed by atoms with van der Waals surface area (Å²) in [5.74, 6) is -0.494. The third-order valence-electron chi connectivity index (χ3n) is 6.79. The molecule has 4 aromatic rings. The van der Waals surface area contributed by atoms with E-state index in [-0.39, 0.29) is 13.2 Å². The van der Waals surface area contributed by atoms with Crippen molar-refractivity contribution in [1.29, 1.82) is 5.26 Å². The predicted molar refractivity (Wildman–Crippen MR) is 160 cm³/mol. The van der Waals surface area contributed by atoms with Crippen LogP contribution in [0.2, 0.25) is 0 Å². The van der Waals surface area contributed by atoms with Gasteiger partial charge in [-0.15, -0.1) is 0 Å². The molecular weight excluding hydrogens is 548 g/mol. The third kappa shape index (κ3) is 6.28. The number of carbonyl (C=O) groups excluding carboxylic acids is 3. The Hall–Kier alpha value is -5.37. The molecule has 5 rings (SSSR count). The van der Waals surface area contributed by atoms with Gasteiger partial charge in [0.15, 0.2) is 0 Å². The highest BCUT2D eigenvalue weighted by Crippen LogP contribution is 2.34. The Bertz CT molecular complexity index is 1730. The average Bonchev–Trinajstić information content (AvgIpc) is 3.28. The van der Waals surface area contributed by atoms with Gasteiger partial charge in [-0.05, 0) is 58.0 Å². The Labute approximate surface area is 249 Å². The van der Waals surface area contributed by atoms with Crippen molar-refractivity contribution >= 4 is 34.5 Å². The molecular formula is C32H32N6O5. The standard InChI is InChI=1S/C32H32N6O5/c1-20(34-31(41)43-32(2,3)4)29(39)35-24-19-42-28-16-10-9-15-27(28)37(30(24)40)18-23-22-12-6-8-14-26(22)38(36-23)25-13-7-5-11-21(25)17-33/h5-16,20,24H,18-19H2,1-4H3,(H,34,41)(H,35,39)/t20-,24-/m0/s1. The summed E-state index contributed by atoms with van der Waals surface area (Å²) in [5.41, 5.74) is 2.25. The van der Waals surface area contributed by atoms with Crippen LogP contribution in [0.1, 0.15) is 39.0 Å². The minimum absolute atomic E-state index is 0.0690. The molecule has 0 bridgehead atoms. The van der Waals surface area contributed by atoms with Crippen LogP contribution in [0.15, 0.2) is 72.8 Å². The van der Waals surface area contributed by atoms with Gasteiger partial charge >= 0.3 is 6.09 Å². The lowest BCUT2D eigenvalue weighted by Crippen LogP contribution is -2.55. The molecule has 1 aliphatic heterocycles. The van der Waals surface area contributed by atoms with Gasteiger partial charge in [0.2, 0.25) is 5.91 Å². The van der Waals surface area contributed by atoms with Crippen LogP contribution in [0.3, 0.4) is 0 Å². The number of benzene rings is 3. The molecule has 0 saturated heterocycles. The molecule has 0 unspecified atom stereocenters. The maximum atomic E-state index is 14.0. The summed E-state index contributed by atoms with van der Waals surface area (Å²) in [6, 6.07) is 22.1. The highest BCUT2D eigenvalue weighted by Gasteiger charge is 2.35. The first-order valence-electron chi connectivity index (χ1n) is 13.8. The molecule has 0 radical (unpaired) electrons. The molecule has 43 heavy (non-hydrogen) atoms. The molecule has 3 aromatic carbocycles. The number of fused-ring (bicyclic) bond motifs is 2. The van der Waals surface area contributed by atoms with Crippen molar-refractivity contribution < 1.29 is 23.9 Å². The number of ether oxygens (including phenoxy) is 2. The van der Waals surface area contributed by atoms with Gasteiger partial charge in [0.05, 0.1) is 34.7 Å². The predicted octanol–water partition coefficient (Wildman–Crippen LogP) is 4.22. The number of carbonyl (C=O) groups is 3. The molecule has 0 aliphatic carbocycles. The van der Waals surface area contributed by atoms with Crippen LogP contribution in [0.25, 0.3) is 16.6 Å². The lowest BCUT2D eigenvalue weighted by molar-refractivity contribution is -0.129. The summed E-state index contributed by atoms with van der Waals surface area (Å²) >= 11 is 0. The topological polar surface area (TPSA) is 139 Å². The van der Waals surface area contributed by atoms with Gasteiger partial charge < -0.3 is 25.0 Å². The fourth-order valence-electron chi connectivity index (χ4n) is 4.80. The summed E-state index contributed by atoms with van der Waals surface area (Å²) < 4.78 is 12.9. The summed E-state index contributed by atoms with van der Waals surface area (Å²) in [5, 5.41) is 20.6. The van der Waals surface area contributed by atoms with Gasteiger partial charge in [-0.2, -0.15) is 10.4 Å². The van der Waals surface area contributed by atoms with Crippen molar-refractivity contribution in [2.45, 2.75) is 51.9 Å². The highest BCUT2D eigenvalue weighted by molar-refractivity contribution is 6.02. The SMILES string of the molecule is C[C@H](NC(=O)OC(C)(C)C)C(=O)N[C@H]1COc2ccccc2N(Cc2nn(-c3ccccc3C#N)c3ccccc23)C1=O. The lowest BCUT2D eigenvalue weighted by Gasteiger charge is -2.25. The second kappa shape index (κ2) is 11.9. The molecule has 0 spiro atoms.